The monoisotopic (exact) mass is 261 g/mol. The number of rotatable bonds is 2. The quantitative estimate of drug-likeness (QED) is 0.750. The molecule has 1 aromatic heterocycles. The van der Waals surface area contributed by atoms with Gasteiger partial charge >= 0.3 is 7.12 Å². The molecule has 5 nitrogen and oxygen atoms in total. The predicted octanol–water partition coefficient (Wildman–Crippen LogP) is 0.315. The molecule has 0 bridgehead atoms. The van der Waals surface area contributed by atoms with E-state index in [1.54, 1.807) is 0 Å². The van der Waals surface area contributed by atoms with Crippen molar-refractivity contribution < 1.29 is 10.0 Å². The SMILES string of the molecule is OB(O)c1cnc(N2CCCC3CCCCC32)nc1. The van der Waals surface area contributed by atoms with Crippen molar-refractivity contribution in [1.82, 2.24) is 9.97 Å². The van der Waals surface area contributed by atoms with E-state index >= 15 is 0 Å². The van der Waals surface area contributed by atoms with Gasteiger partial charge in [0, 0.05) is 30.4 Å². The van der Waals surface area contributed by atoms with Crippen molar-refractivity contribution in [1.29, 1.82) is 0 Å². The summed E-state index contributed by atoms with van der Waals surface area (Å²) in [4.78, 5) is 10.9. The zero-order chi connectivity index (χ0) is 13.2. The number of nitrogens with zero attached hydrogens (tertiary/aromatic N) is 3. The van der Waals surface area contributed by atoms with Crippen LogP contribution in [0.15, 0.2) is 12.4 Å². The summed E-state index contributed by atoms with van der Waals surface area (Å²) in [6.45, 7) is 1.02. The second-order valence-electron chi connectivity index (χ2n) is 5.64. The summed E-state index contributed by atoms with van der Waals surface area (Å²) in [5.74, 6) is 1.52. The third kappa shape index (κ3) is 2.60. The molecule has 0 amide bonds. The van der Waals surface area contributed by atoms with Crippen LogP contribution in [0.2, 0.25) is 0 Å². The molecule has 2 N–H and O–H groups in total. The Labute approximate surface area is 113 Å². The lowest BCUT2D eigenvalue weighted by Crippen LogP contribution is -2.48. The van der Waals surface area contributed by atoms with Gasteiger partial charge in [-0.1, -0.05) is 12.8 Å². The van der Waals surface area contributed by atoms with Gasteiger partial charge in [0.25, 0.3) is 0 Å². The van der Waals surface area contributed by atoms with Crippen molar-refractivity contribution >= 4 is 18.5 Å². The number of aromatic nitrogens is 2. The Morgan fingerprint density at radius 2 is 1.74 bits per heavy atom. The summed E-state index contributed by atoms with van der Waals surface area (Å²) in [7, 11) is -1.49. The van der Waals surface area contributed by atoms with Gasteiger partial charge in [0.15, 0.2) is 0 Å². The van der Waals surface area contributed by atoms with Gasteiger partial charge in [0.05, 0.1) is 0 Å². The van der Waals surface area contributed by atoms with E-state index in [0.29, 0.717) is 11.5 Å². The summed E-state index contributed by atoms with van der Waals surface area (Å²) < 4.78 is 0. The van der Waals surface area contributed by atoms with Crippen molar-refractivity contribution in [3.63, 3.8) is 0 Å². The van der Waals surface area contributed by atoms with Crippen LogP contribution in [0.25, 0.3) is 0 Å². The third-order valence-corrected chi connectivity index (χ3v) is 4.46. The lowest BCUT2D eigenvalue weighted by Gasteiger charge is -2.44. The zero-order valence-corrected chi connectivity index (χ0v) is 11.1. The van der Waals surface area contributed by atoms with Crippen LogP contribution >= 0.6 is 0 Å². The molecule has 2 fully saturated rings. The Bertz CT molecular complexity index is 424. The molecule has 1 aliphatic heterocycles. The molecule has 3 rings (SSSR count). The fourth-order valence-corrected chi connectivity index (χ4v) is 3.49. The molecule has 0 aromatic carbocycles. The lowest BCUT2D eigenvalue weighted by molar-refractivity contribution is 0.241. The number of piperidine rings is 1. The smallest absolute Gasteiger partial charge is 0.423 e. The molecule has 6 heteroatoms. The first-order chi connectivity index (χ1) is 9.25. The summed E-state index contributed by atoms with van der Waals surface area (Å²) in [5.41, 5.74) is 0.348. The van der Waals surface area contributed by atoms with E-state index < -0.39 is 7.12 Å². The third-order valence-electron chi connectivity index (χ3n) is 4.46. The molecule has 2 aliphatic rings. The van der Waals surface area contributed by atoms with Gasteiger partial charge in [-0.25, -0.2) is 9.97 Å². The maximum atomic E-state index is 9.07. The van der Waals surface area contributed by atoms with E-state index in [1.807, 2.05) is 0 Å². The molecule has 2 unspecified atom stereocenters. The number of fused-ring (bicyclic) bond motifs is 1. The van der Waals surface area contributed by atoms with E-state index in [-0.39, 0.29) is 0 Å². The fraction of sp³-hybridized carbons (Fsp3) is 0.692. The first kappa shape index (κ1) is 12.9. The Morgan fingerprint density at radius 3 is 2.47 bits per heavy atom. The van der Waals surface area contributed by atoms with Crippen LogP contribution in [0.1, 0.15) is 38.5 Å². The first-order valence-corrected chi connectivity index (χ1v) is 7.20. The van der Waals surface area contributed by atoms with Crippen molar-refractivity contribution in [2.24, 2.45) is 5.92 Å². The molecule has 19 heavy (non-hydrogen) atoms. The minimum absolute atomic E-state index is 0.348. The van der Waals surface area contributed by atoms with E-state index in [0.717, 1.165) is 18.4 Å². The highest BCUT2D eigenvalue weighted by atomic mass is 16.4. The second kappa shape index (κ2) is 5.47. The fourth-order valence-electron chi connectivity index (χ4n) is 3.49. The normalized spacial score (nSPS) is 26.9. The van der Waals surface area contributed by atoms with Gasteiger partial charge in [0.1, 0.15) is 0 Å². The predicted molar refractivity (Wildman–Crippen MR) is 74.2 cm³/mol. The summed E-state index contributed by atoms with van der Waals surface area (Å²) >= 11 is 0. The van der Waals surface area contributed by atoms with Crippen molar-refractivity contribution in [3.05, 3.63) is 12.4 Å². The number of anilines is 1. The van der Waals surface area contributed by atoms with Crippen LogP contribution in [0.5, 0.6) is 0 Å². The van der Waals surface area contributed by atoms with Gasteiger partial charge in [-0.05, 0) is 31.6 Å². The Hall–Kier alpha value is -1.14. The highest BCUT2D eigenvalue weighted by Gasteiger charge is 2.34. The number of hydrogen-bond donors (Lipinski definition) is 2. The van der Waals surface area contributed by atoms with Gasteiger partial charge in [0.2, 0.25) is 5.95 Å². The largest absolute Gasteiger partial charge is 0.491 e. The van der Waals surface area contributed by atoms with Crippen LogP contribution in [-0.4, -0.2) is 39.7 Å². The van der Waals surface area contributed by atoms with Crippen molar-refractivity contribution in [2.45, 2.75) is 44.6 Å². The summed E-state index contributed by atoms with van der Waals surface area (Å²) in [6.07, 6.45) is 10.8. The zero-order valence-electron chi connectivity index (χ0n) is 11.1. The van der Waals surface area contributed by atoms with E-state index in [1.165, 1.54) is 50.9 Å². The Morgan fingerprint density at radius 1 is 1.05 bits per heavy atom. The van der Waals surface area contributed by atoms with Crippen LogP contribution in [0, 0.1) is 5.92 Å². The van der Waals surface area contributed by atoms with Gasteiger partial charge in [-0.2, -0.15) is 0 Å². The molecular weight excluding hydrogens is 241 g/mol. The van der Waals surface area contributed by atoms with Gasteiger partial charge < -0.3 is 14.9 Å². The minimum Gasteiger partial charge on any atom is -0.423 e. The molecule has 0 spiro atoms. The second-order valence-corrected chi connectivity index (χ2v) is 5.64. The van der Waals surface area contributed by atoms with Crippen molar-refractivity contribution in [3.8, 4) is 0 Å². The maximum absolute atomic E-state index is 9.07. The lowest BCUT2D eigenvalue weighted by atomic mass is 9.78. The average Bonchev–Trinajstić information content (AvgIpc) is 2.47. The molecule has 2 atom stereocenters. The van der Waals surface area contributed by atoms with Crippen LogP contribution in [0.4, 0.5) is 5.95 Å². The molecule has 2 heterocycles. The van der Waals surface area contributed by atoms with Crippen LogP contribution in [0.3, 0.4) is 0 Å². The Balaban J connectivity index is 1.79. The van der Waals surface area contributed by atoms with Crippen LogP contribution < -0.4 is 10.4 Å². The minimum atomic E-state index is -1.49. The standard InChI is InChI=1S/C13H20BN3O2/c18-14(19)11-8-15-13(16-9-11)17-7-3-5-10-4-1-2-6-12(10)17/h8-10,12,18-19H,1-7H2. The molecule has 1 saturated carbocycles. The Kier molecular flexibility index (Phi) is 3.70. The molecule has 1 aromatic rings. The maximum Gasteiger partial charge on any atom is 0.491 e. The molecule has 1 aliphatic carbocycles. The summed E-state index contributed by atoms with van der Waals surface area (Å²) in [5, 5.41) is 18.1. The van der Waals surface area contributed by atoms with Gasteiger partial charge in [-0.3, -0.25) is 0 Å². The van der Waals surface area contributed by atoms with E-state index in [4.69, 9.17) is 10.0 Å². The number of hydrogen-bond acceptors (Lipinski definition) is 5. The van der Waals surface area contributed by atoms with Gasteiger partial charge in [-0.15, -0.1) is 0 Å². The topological polar surface area (TPSA) is 69.5 Å². The van der Waals surface area contributed by atoms with E-state index in [9.17, 15) is 0 Å². The summed E-state index contributed by atoms with van der Waals surface area (Å²) in [6, 6.07) is 0.576. The molecule has 102 valence electrons. The highest BCUT2D eigenvalue weighted by Crippen LogP contribution is 2.36. The molecular formula is C13H20BN3O2. The van der Waals surface area contributed by atoms with E-state index in [2.05, 4.69) is 14.9 Å². The molecule has 1 saturated heterocycles. The first-order valence-electron chi connectivity index (χ1n) is 7.20. The van der Waals surface area contributed by atoms with Crippen LogP contribution in [-0.2, 0) is 0 Å². The average molecular weight is 261 g/mol. The molecule has 0 radical (unpaired) electrons. The van der Waals surface area contributed by atoms with Crippen molar-refractivity contribution in [2.75, 3.05) is 11.4 Å². The highest BCUT2D eigenvalue weighted by molar-refractivity contribution is 6.58.